The Morgan fingerprint density at radius 1 is 1.17 bits per heavy atom. The van der Waals surface area contributed by atoms with Crippen molar-refractivity contribution in [3.63, 3.8) is 0 Å². The van der Waals surface area contributed by atoms with E-state index in [0.29, 0.717) is 16.4 Å². The molecule has 2 amide bonds. The lowest BCUT2D eigenvalue weighted by Crippen LogP contribution is -2.34. The second kappa shape index (κ2) is 9.11. The second-order valence-corrected chi connectivity index (χ2v) is 6.38. The molecule has 0 aliphatic carbocycles. The Balaban J connectivity index is 1.57. The van der Waals surface area contributed by atoms with Crippen LogP contribution in [0.25, 0.3) is 5.69 Å². The zero-order chi connectivity index (χ0) is 20.8. The van der Waals surface area contributed by atoms with Crippen LogP contribution in [0, 0.1) is 12.7 Å². The van der Waals surface area contributed by atoms with Crippen molar-refractivity contribution >= 4 is 29.6 Å². The summed E-state index contributed by atoms with van der Waals surface area (Å²) in [6.45, 7) is 1.49. The molecule has 0 aliphatic heterocycles. The smallest absolute Gasteiger partial charge is 0.259 e. The van der Waals surface area contributed by atoms with Gasteiger partial charge in [-0.05, 0) is 43.3 Å². The van der Waals surface area contributed by atoms with Gasteiger partial charge in [-0.3, -0.25) is 9.59 Å². The fraction of sp³-hybridized carbons (Fsp3) is 0.100. The molecule has 0 bridgehead atoms. The number of carbonyl (C=O) groups is 2. The number of hydrazone groups is 1. The molecule has 148 valence electrons. The zero-order valence-electron chi connectivity index (χ0n) is 15.4. The number of rotatable bonds is 6. The fourth-order valence-corrected chi connectivity index (χ4v) is 2.79. The molecule has 0 unspecified atom stereocenters. The van der Waals surface area contributed by atoms with E-state index in [1.165, 1.54) is 30.5 Å². The summed E-state index contributed by atoms with van der Waals surface area (Å²) in [5.74, 6) is -1.47. The number of carbonyl (C=O) groups excluding carboxylic acids is 2. The first-order valence-corrected chi connectivity index (χ1v) is 8.99. The van der Waals surface area contributed by atoms with E-state index in [1.54, 1.807) is 11.6 Å². The third kappa shape index (κ3) is 5.05. The minimum atomic E-state index is -0.527. The molecular formula is C20H17ClFN5O2. The van der Waals surface area contributed by atoms with Gasteiger partial charge in [0, 0.05) is 5.56 Å². The van der Waals surface area contributed by atoms with Crippen LogP contribution in [0.15, 0.2) is 59.7 Å². The predicted octanol–water partition coefficient (Wildman–Crippen LogP) is 2.85. The maximum absolute atomic E-state index is 12.9. The van der Waals surface area contributed by atoms with Crippen LogP contribution < -0.4 is 10.7 Å². The number of halogens is 2. The molecule has 9 heteroatoms. The first-order chi connectivity index (χ1) is 14.0. The van der Waals surface area contributed by atoms with Crippen LogP contribution in [0.3, 0.4) is 0 Å². The van der Waals surface area contributed by atoms with Crippen molar-refractivity contribution in [2.75, 3.05) is 6.54 Å². The van der Waals surface area contributed by atoms with Crippen LogP contribution >= 0.6 is 11.6 Å². The van der Waals surface area contributed by atoms with E-state index < -0.39 is 17.6 Å². The molecule has 0 saturated heterocycles. The van der Waals surface area contributed by atoms with Crippen molar-refractivity contribution in [2.45, 2.75) is 6.92 Å². The number of nitrogens with one attached hydrogen (secondary N) is 2. The van der Waals surface area contributed by atoms with Crippen LogP contribution in [0.1, 0.15) is 21.6 Å². The van der Waals surface area contributed by atoms with Crippen LogP contribution in [0.2, 0.25) is 5.15 Å². The summed E-state index contributed by atoms with van der Waals surface area (Å²) < 4.78 is 14.4. The largest absolute Gasteiger partial charge is 0.343 e. The van der Waals surface area contributed by atoms with Crippen molar-refractivity contribution in [3.05, 3.63) is 82.4 Å². The number of benzene rings is 2. The highest BCUT2D eigenvalue weighted by molar-refractivity contribution is 6.32. The van der Waals surface area contributed by atoms with Crippen LogP contribution in [-0.2, 0) is 4.79 Å². The van der Waals surface area contributed by atoms with Gasteiger partial charge in [0.2, 0.25) is 0 Å². The third-order valence-electron chi connectivity index (χ3n) is 3.95. The van der Waals surface area contributed by atoms with Gasteiger partial charge in [-0.25, -0.2) is 14.5 Å². The van der Waals surface area contributed by atoms with Crippen LogP contribution in [0.5, 0.6) is 0 Å². The van der Waals surface area contributed by atoms with Crippen LogP contribution in [-0.4, -0.2) is 34.4 Å². The van der Waals surface area contributed by atoms with Gasteiger partial charge in [0.1, 0.15) is 11.0 Å². The van der Waals surface area contributed by atoms with Gasteiger partial charge in [-0.1, -0.05) is 29.8 Å². The predicted molar refractivity (Wildman–Crippen MR) is 108 cm³/mol. The standard InChI is InChI=1S/C20H17ClFN5O2/c1-13-17(19(21)27(26-13)16-5-3-2-4-6-16)11-24-25-18(28)12-23-20(29)14-7-9-15(22)10-8-14/h2-11H,12H2,1H3,(H,23,29)(H,25,28)/b24-11+. The summed E-state index contributed by atoms with van der Waals surface area (Å²) in [4.78, 5) is 23.8. The van der Waals surface area contributed by atoms with Crippen molar-refractivity contribution in [1.82, 2.24) is 20.5 Å². The minimum absolute atomic E-state index is 0.249. The zero-order valence-corrected chi connectivity index (χ0v) is 16.2. The lowest BCUT2D eigenvalue weighted by Gasteiger charge is -2.04. The number of amides is 2. The molecule has 0 saturated carbocycles. The number of para-hydroxylation sites is 1. The first kappa shape index (κ1) is 20.2. The highest BCUT2D eigenvalue weighted by atomic mass is 35.5. The monoisotopic (exact) mass is 413 g/mol. The molecule has 3 rings (SSSR count). The Kier molecular flexibility index (Phi) is 6.36. The van der Waals surface area contributed by atoms with Gasteiger partial charge >= 0.3 is 0 Å². The number of hydrogen-bond acceptors (Lipinski definition) is 4. The summed E-state index contributed by atoms with van der Waals surface area (Å²) in [6.07, 6.45) is 1.39. The van der Waals surface area contributed by atoms with Crippen molar-refractivity contribution in [1.29, 1.82) is 0 Å². The summed E-state index contributed by atoms with van der Waals surface area (Å²) in [7, 11) is 0. The van der Waals surface area contributed by atoms with E-state index in [1.807, 2.05) is 30.3 Å². The van der Waals surface area contributed by atoms with E-state index in [4.69, 9.17) is 11.6 Å². The van der Waals surface area contributed by atoms with Gasteiger partial charge in [-0.15, -0.1) is 0 Å². The lowest BCUT2D eigenvalue weighted by molar-refractivity contribution is -0.120. The van der Waals surface area contributed by atoms with Crippen molar-refractivity contribution in [3.8, 4) is 5.69 Å². The molecule has 1 heterocycles. The van der Waals surface area contributed by atoms with E-state index in [9.17, 15) is 14.0 Å². The average molecular weight is 414 g/mol. The highest BCUT2D eigenvalue weighted by Gasteiger charge is 2.13. The Morgan fingerprint density at radius 3 is 2.55 bits per heavy atom. The molecule has 29 heavy (non-hydrogen) atoms. The summed E-state index contributed by atoms with van der Waals surface area (Å²) in [5, 5.41) is 11.0. The molecule has 2 aromatic carbocycles. The number of aryl methyl sites for hydroxylation is 1. The highest BCUT2D eigenvalue weighted by Crippen LogP contribution is 2.21. The van der Waals surface area contributed by atoms with E-state index in [-0.39, 0.29) is 12.1 Å². The first-order valence-electron chi connectivity index (χ1n) is 8.62. The number of nitrogens with zero attached hydrogens (tertiary/aromatic N) is 3. The minimum Gasteiger partial charge on any atom is -0.343 e. The molecule has 1 aromatic heterocycles. The van der Waals surface area contributed by atoms with Gasteiger partial charge in [-0.2, -0.15) is 10.2 Å². The maximum atomic E-state index is 12.9. The second-order valence-electron chi connectivity index (χ2n) is 6.02. The van der Waals surface area contributed by atoms with E-state index >= 15 is 0 Å². The molecule has 0 spiro atoms. The van der Waals surface area contributed by atoms with E-state index in [0.717, 1.165) is 5.69 Å². The molecule has 0 aliphatic rings. The normalized spacial score (nSPS) is 10.9. The van der Waals surface area contributed by atoms with Crippen molar-refractivity contribution in [2.24, 2.45) is 5.10 Å². The van der Waals surface area contributed by atoms with Crippen LogP contribution in [0.4, 0.5) is 4.39 Å². The molecule has 0 radical (unpaired) electrons. The Hall–Kier alpha value is -3.52. The number of aromatic nitrogens is 2. The molecule has 7 nitrogen and oxygen atoms in total. The van der Waals surface area contributed by atoms with Gasteiger partial charge in [0.15, 0.2) is 0 Å². The Labute approximate surface area is 171 Å². The lowest BCUT2D eigenvalue weighted by atomic mass is 10.2. The summed E-state index contributed by atoms with van der Waals surface area (Å²) in [6, 6.07) is 14.4. The topological polar surface area (TPSA) is 88.4 Å². The van der Waals surface area contributed by atoms with Gasteiger partial charge in [0.25, 0.3) is 11.8 Å². The fourth-order valence-electron chi connectivity index (χ4n) is 2.47. The molecule has 0 fully saturated rings. The molecule has 0 atom stereocenters. The third-order valence-corrected chi connectivity index (χ3v) is 4.31. The summed E-state index contributed by atoms with van der Waals surface area (Å²) in [5.41, 5.74) is 4.56. The average Bonchev–Trinajstić information content (AvgIpc) is 3.01. The van der Waals surface area contributed by atoms with Crippen molar-refractivity contribution < 1.29 is 14.0 Å². The van der Waals surface area contributed by atoms with E-state index in [2.05, 4.69) is 20.9 Å². The molecular weight excluding hydrogens is 397 g/mol. The SMILES string of the molecule is Cc1nn(-c2ccccc2)c(Cl)c1/C=N/NC(=O)CNC(=O)c1ccc(F)cc1. The molecule has 3 aromatic rings. The van der Waals surface area contributed by atoms with Gasteiger partial charge < -0.3 is 5.32 Å². The number of hydrogen-bond donors (Lipinski definition) is 2. The Bertz CT molecular complexity index is 1050. The quantitative estimate of drug-likeness (QED) is 0.481. The maximum Gasteiger partial charge on any atom is 0.259 e. The molecule has 2 N–H and O–H groups in total. The van der Waals surface area contributed by atoms with Gasteiger partial charge in [0.05, 0.1) is 29.7 Å². The Morgan fingerprint density at radius 2 is 1.86 bits per heavy atom. The summed E-state index contributed by atoms with van der Waals surface area (Å²) >= 11 is 6.37.